The van der Waals surface area contributed by atoms with Crippen LogP contribution >= 0.6 is 0 Å². The highest BCUT2D eigenvalue weighted by Gasteiger charge is 2.47. The lowest BCUT2D eigenvalue weighted by Crippen LogP contribution is -2.61. The number of carbonyl (C=O) groups excluding carboxylic acids is 2. The zero-order valence-electron chi connectivity index (χ0n) is 55.2. The van der Waals surface area contributed by atoms with Gasteiger partial charge < -0.3 is 45.1 Å². The Kier molecular flexibility index (Phi) is 58.2. The van der Waals surface area contributed by atoms with Gasteiger partial charge in [-0.1, -0.05) is 300 Å². The first-order chi connectivity index (χ1) is 41.7. The van der Waals surface area contributed by atoms with Gasteiger partial charge in [0.2, 0.25) is 5.91 Å². The minimum atomic E-state index is -1.62. The molecule has 8 unspecified atom stereocenters. The fraction of sp³-hybridized carbons (Fsp3) is 0.838. The molecule has 0 aromatic heterocycles. The Morgan fingerprint density at radius 1 is 0.459 bits per heavy atom. The fourth-order valence-corrected chi connectivity index (χ4v) is 11.2. The third kappa shape index (κ3) is 48.9. The van der Waals surface area contributed by atoms with Crippen LogP contribution in [-0.4, -0.2) is 99.6 Å². The number of hydrogen-bond acceptors (Lipinski definition) is 10. The van der Waals surface area contributed by atoms with Crippen LogP contribution in [-0.2, 0) is 23.8 Å². The molecule has 0 bridgehead atoms. The number of ether oxygens (including phenoxy) is 3. The molecule has 6 N–H and O–H groups in total. The summed E-state index contributed by atoms with van der Waals surface area (Å²) in [4.78, 5) is 26.7. The van der Waals surface area contributed by atoms with E-state index in [1.165, 1.54) is 199 Å². The van der Waals surface area contributed by atoms with E-state index < -0.39 is 67.4 Å². The molecule has 1 aliphatic heterocycles. The third-order valence-corrected chi connectivity index (χ3v) is 16.9. The molecular weight excluding hydrogens is 1060 g/mol. The second-order valence-corrected chi connectivity index (χ2v) is 25.0. The Bertz CT molecular complexity index is 1620. The Morgan fingerprint density at radius 2 is 0.812 bits per heavy atom. The van der Waals surface area contributed by atoms with Crippen molar-refractivity contribution in [2.75, 3.05) is 13.2 Å². The molecule has 0 radical (unpaired) electrons. The fourth-order valence-electron chi connectivity index (χ4n) is 11.2. The SMILES string of the molecule is CCCCC/C=C\C/C=C\CCCCCCCCCCCCCCCCCCCC(=O)OC1C(OCC(NC(=O)C(O)CCCCCCCC/C=C\C/C=C\CCCCC)C(O)/C=C/CCCCCCCCCCCCC)OC(CO)C(O)C1O. The van der Waals surface area contributed by atoms with Crippen molar-refractivity contribution in [2.24, 2.45) is 0 Å². The Morgan fingerprint density at radius 3 is 1.22 bits per heavy atom. The molecule has 1 amide bonds. The Hall–Kier alpha value is -2.64. The van der Waals surface area contributed by atoms with Gasteiger partial charge in [-0.15, -0.1) is 0 Å². The Balaban J connectivity index is 2.54. The standard InChI is InChI=1S/C74H135NO10/c1-4-7-10-13-16-19-22-25-27-29-30-31-32-33-34-35-36-37-38-39-41-44-47-50-53-56-59-62-69(79)85-72-71(81)70(80)68(63-76)84-74(72)83-64-65(66(77)60-57-54-51-48-45-42-24-21-18-15-12-9-6-3)75-73(82)67(78)61-58-55-52-49-46-43-40-28-26-23-20-17-14-11-8-5-2/h16-17,19-20,25-28,57,60,65-68,70-72,74,76-78,80-81H,4-15,18,21-24,29-56,58-59,61-64H2,1-3H3,(H,75,82)/b19-16-,20-17-,27-25-,28-26-,60-57+. The van der Waals surface area contributed by atoms with Gasteiger partial charge in [-0.05, 0) is 89.9 Å². The summed E-state index contributed by atoms with van der Waals surface area (Å²) < 4.78 is 17.7. The van der Waals surface area contributed by atoms with Crippen molar-refractivity contribution in [1.29, 1.82) is 0 Å². The molecule has 1 fully saturated rings. The molecule has 1 aliphatic rings. The number of aliphatic hydroxyl groups is 5. The average molecular weight is 1200 g/mol. The predicted molar refractivity (Wildman–Crippen MR) is 356 cm³/mol. The minimum absolute atomic E-state index is 0.124. The van der Waals surface area contributed by atoms with Gasteiger partial charge in [0.1, 0.15) is 24.4 Å². The van der Waals surface area contributed by atoms with Gasteiger partial charge in [0.25, 0.3) is 0 Å². The summed E-state index contributed by atoms with van der Waals surface area (Å²) in [6.45, 7) is 5.78. The number of carbonyl (C=O) groups is 2. The first kappa shape index (κ1) is 80.4. The molecule has 0 saturated carbocycles. The van der Waals surface area contributed by atoms with E-state index in [-0.39, 0.29) is 19.4 Å². The molecule has 0 aliphatic carbocycles. The van der Waals surface area contributed by atoms with E-state index in [9.17, 15) is 35.1 Å². The highest BCUT2D eigenvalue weighted by molar-refractivity contribution is 5.80. The van der Waals surface area contributed by atoms with Gasteiger partial charge in [-0.3, -0.25) is 9.59 Å². The Labute approximate surface area is 522 Å². The molecule has 496 valence electrons. The molecule has 8 atom stereocenters. The number of allylic oxidation sites excluding steroid dienone is 9. The number of aliphatic hydroxyl groups excluding tert-OH is 5. The van der Waals surface area contributed by atoms with Crippen molar-refractivity contribution >= 4 is 11.9 Å². The lowest BCUT2D eigenvalue weighted by Gasteiger charge is -2.41. The first-order valence-electron chi connectivity index (χ1n) is 36.1. The summed E-state index contributed by atoms with van der Waals surface area (Å²) in [6, 6.07) is -1.03. The maximum Gasteiger partial charge on any atom is 0.306 e. The van der Waals surface area contributed by atoms with Crippen molar-refractivity contribution in [3.63, 3.8) is 0 Å². The minimum Gasteiger partial charge on any atom is -0.454 e. The largest absolute Gasteiger partial charge is 0.454 e. The zero-order chi connectivity index (χ0) is 61.7. The van der Waals surface area contributed by atoms with Crippen molar-refractivity contribution in [1.82, 2.24) is 5.32 Å². The smallest absolute Gasteiger partial charge is 0.306 e. The molecule has 11 heteroatoms. The quantitative estimate of drug-likeness (QED) is 0.0195. The van der Waals surface area contributed by atoms with E-state index in [1.807, 2.05) is 6.08 Å². The van der Waals surface area contributed by atoms with Crippen molar-refractivity contribution in [3.05, 3.63) is 60.8 Å². The number of rotatable bonds is 62. The normalized spacial score (nSPS) is 18.7. The summed E-state index contributed by atoms with van der Waals surface area (Å²) in [6.07, 6.45) is 68.3. The van der Waals surface area contributed by atoms with E-state index >= 15 is 0 Å². The van der Waals surface area contributed by atoms with Crippen LogP contribution in [0.15, 0.2) is 60.8 Å². The number of hydrogen-bond donors (Lipinski definition) is 6. The van der Waals surface area contributed by atoms with Crippen LogP contribution in [0.4, 0.5) is 0 Å². The summed E-state index contributed by atoms with van der Waals surface area (Å²) in [5, 5.41) is 57.2. The lowest BCUT2D eigenvalue weighted by atomic mass is 9.99. The number of unbranched alkanes of at least 4 members (excludes halogenated alkanes) is 40. The maximum atomic E-state index is 13.5. The van der Waals surface area contributed by atoms with Crippen molar-refractivity contribution in [3.8, 4) is 0 Å². The van der Waals surface area contributed by atoms with Crippen LogP contribution in [0.1, 0.15) is 335 Å². The lowest BCUT2D eigenvalue weighted by molar-refractivity contribution is -0.305. The number of esters is 1. The molecule has 85 heavy (non-hydrogen) atoms. The number of amides is 1. The van der Waals surface area contributed by atoms with Crippen molar-refractivity contribution in [2.45, 2.75) is 384 Å². The van der Waals surface area contributed by atoms with Crippen LogP contribution < -0.4 is 5.32 Å². The molecule has 1 saturated heterocycles. The molecule has 0 spiro atoms. The highest BCUT2D eigenvalue weighted by atomic mass is 16.7. The van der Waals surface area contributed by atoms with Gasteiger partial charge in [0.15, 0.2) is 12.4 Å². The van der Waals surface area contributed by atoms with Crippen LogP contribution in [0, 0.1) is 0 Å². The summed E-state index contributed by atoms with van der Waals surface area (Å²) in [5.41, 5.74) is 0. The predicted octanol–water partition coefficient (Wildman–Crippen LogP) is 18.5. The first-order valence-corrected chi connectivity index (χ1v) is 36.1. The summed E-state index contributed by atoms with van der Waals surface area (Å²) >= 11 is 0. The van der Waals surface area contributed by atoms with Gasteiger partial charge >= 0.3 is 5.97 Å². The summed E-state index contributed by atoms with van der Waals surface area (Å²) in [7, 11) is 0. The average Bonchev–Trinajstić information content (AvgIpc) is 2.50. The monoisotopic (exact) mass is 1200 g/mol. The second kappa shape index (κ2) is 61.6. The second-order valence-electron chi connectivity index (χ2n) is 25.0. The van der Waals surface area contributed by atoms with E-state index in [4.69, 9.17) is 14.2 Å². The highest BCUT2D eigenvalue weighted by Crippen LogP contribution is 2.26. The molecular formula is C74H135NO10. The molecule has 11 nitrogen and oxygen atoms in total. The van der Waals surface area contributed by atoms with Gasteiger partial charge in [-0.2, -0.15) is 0 Å². The van der Waals surface area contributed by atoms with Crippen molar-refractivity contribution < 1.29 is 49.3 Å². The van der Waals surface area contributed by atoms with E-state index in [2.05, 4.69) is 74.7 Å². The van der Waals surface area contributed by atoms with Crippen LogP contribution in [0.5, 0.6) is 0 Å². The van der Waals surface area contributed by atoms with E-state index in [0.717, 1.165) is 89.9 Å². The molecule has 0 aromatic carbocycles. The third-order valence-electron chi connectivity index (χ3n) is 16.9. The summed E-state index contributed by atoms with van der Waals surface area (Å²) in [5.74, 6) is -1.19. The molecule has 1 heterocycles. The molecule has 0 aromatic rings. The van der Waals surface area contributed by atoms with E-state index in [0.29, 0.717) is 12.8 Å². The van der Waals surface area contributed by atoms with Gasteiger partial charge in [0, 0.05) is 6.42 Å². The van der Waals surface area contributed by atoms with Gasteiger partial charge in [0.05, 0.1) is 25.4 Å². The van der Waals surface area contributed by atoms with Gasteiger partial charge in [-0.25, -0.2) is 0 Å². The number of nitrogens with one attached hydrogen (secondary N) is 1. The maximum absolute atomic E-state index is 13.5. The molecule has 1 rings (SSSR count). The topological polar surface area (TPSA) is 175 Å². The van der Waals surface area contributed by atoms with Crippen LogP contribution in [0.3, 0.4) is 0 Å². The van der Waals surface area contributed by atoms with E-state index in [1.54, 1.807) is 6.08 Å². The van der Waals surface area contributed by atoms with Crippen LogP contribution in [0.2, 0.25) is 0 Å². The zero-order valence-corrected chi connectivity index (χ0v) is 55.2. The van der Waals surface area contributed by atoms with Crippen LogP contribution in [0.25, 0.3) is 0 Å².